The van der Waals surface area contributed by atoms with Gasteiger partial charge >= 0.3 is 0 Å². The maximum atomic E-state index is 12.2. The summed E-state index contributed by atoms with van der Waals surface area (Å²) in [5.74, 6) is -1.07. The van der Waals surface area contributed by atoms with Crippen molar-refractivity contribution < 1.29 is 14.7 Å². The Morgan fingerprint density at radius 3 is 2.84 bits per heavy atom. The van der Waals surface area contributed by atoms with Gasteiger partial charge in [0.05, 0.1) is 5.92 Å². The van der Waals surface area contributed by atoms with E-state index in [0.29, 0.717) is 24.1 Å². The maximum Gasteiger partial charge on any atom is 0.261 e. The Bertz CT molecular complexity index is 567. The van der Waals surface area contributed by atoms with Crippen LogP contribution in [0.3, 0.4) is 0 Å². The first-order chi connectivity index (χ1) is 9.03. The van der Waals surface area contributed by atoms with Crippen molar-refractivity contribution in [2.45, 2.75) is 38.2 Å². The van der Waals surface area contributed by atoms with Crippen LogP contribution in [0.2, 0.25) is 0 Å². The highest BCUT2D eigenvalue weighted by atomic mass is 16.3. The second kappa shape index (κ2) is 4.17. The number of benzene rings is 1. The number of hydrogen-bond acceptors (Lipinski definition) is 3. The highest BCUT2D eigenvalue weighted by molar-refractivity contribution is 6.08. The van der Waals surface area contributed by atoms with Crippen LogP contribution in [0.1, 0.15) is 36.8 Å². The Morgan fingerprint density at radius 1 is 1.32 bits per heavy atom. The number of Topliss-reactive ketones (excluding diaryl/α,β-unsaturated/α-hetero) is 1. The third-order valence-corrected chi connectivity index (χ3v) is 4.24. The van der Waals surface area contributed by atoms with E-state index in [-0.39, 0.29) is 5.78 Å². The highest BCUT2D eigenvalue weighted by Gasteiger charge is 2.53. The van der Waals surface area contributed by atoms with Crippen molar-refractivity contribution in [1.82, 2.24) is 0 Å². The molecule has 19 heavy (non-hydrogen) atoms. The molecular weight excluding hydrogens is 242 g/mol. The number of aliphatic hydroxyl groups is 1. The summed E-state index contributed by atoms with van der Waals surface area (Å²) in [5.41, 5.74) is 0.463. The lowest BCUT2D eigenvalue weighted by Gasteiger charge is -2.32. The first kappa shape index (κ1) is 12.4. The van der Waals surface area contributed by atoms with Crippen LogP contribution in [0.25, 0.3) is 0 Å². The number of rotatable bonds is 1. The molecule has 2 N–H and O–H groups in total. The van der Waals surface area contributed by atoms with Crippen LogP contribution in [0.4, 0.5) is 5.69 Å². The molecule has 1 aromatic carbocycles. The molecule has 3 rings (SSSR count). The molecule has 1 amide bonds. The molecule has 0 saturated heterocycles. The third kappa shape index (κ3) is 1.70. The van der Waals surface area contributed by atoms with E-state index in [1.807, 2.05) is 13.0 Å². The number of fused-ring (bicyclic) bond motifs is 1. The van der Waals surface area contributed by atoms with Gasteiger partial charge in [-0.3, -0.25) is 9.59 Å². The lowest BCUT2D eigenvalue weighted by Crippen LogP contribution is -2.46. The van der Waals surface area contributed by atoms with Crippen LogP contribution in [0.15, 0.2) is 18.2 Å². The molecular formula is C15H17NO3. The molecule has 0 radical (unpaired) electrons. The van der Waals surface area contributed by atoms with E-state index in [0.717, 1.165) is 18.4 Å². The van der Waals surface area contributed by atoms with Crippen molar-refractivity contribution in [3.8, 4) is 0 Å². The van der Waals surface area contributed by atoms with Gasteiger partial charge in [-0.1, -0.05) is 24.1 Å². The van der Waals surface area contributed by atoms with Gasteiger partial charge in [0, 0.05) is 17.7 Å². The first-order valence-electron chi connectivity index (χ1n) is 6.71. The topological polar surface area (TPSA) is 66.4 Å². The summed E-state index contributed by atoms with van der Waals surface area (Å²) in [6.45, 7) is 1.91. The zero-order valence-electron chi connectivity index (χ0n) is 10.9. The standard InChI is InChI=1S/C15H17NO3/c1-9-6-7-12-11(8-9)15(19,14(18)16-12)10-4-2-3-5-13(10)17/h6-8,10,19H,2-5H2,1H3,(H,16,18). The molecule has 1 aliphatic carbocycles. The zero-order valence-corrected chi connectivity index (χ0v) is 10.9. The normalized spacial score (nSPS) is 30.1. The second-order valence-corrected chi connectivity index (χ2v) is 5.53. The fourth-order valence-corrected chi connectivity index (χ4v) is 3.19. The minimum absolute atomic E-state index is 0.00161. The number of hydrogen-bond donors (Lipinski definition) is 2. The average Bonchev–Trinajstić information content (AvgIpc) is 2.64. The number of aryl methyl sites for hydroxylation is 1. The number of amides is 1. The van der Waals surface area contributed by atoms with Gasteiger partial charge in [0.15, 0.2) is 5.60 Å². The van der Waals surface area contributed by atoms with Gasteiger partial charge in [-0.2, -0.15) is 0 Å². The molecule has 1 aliphatic heterocycles. The van der Waals surface area contributed by atoms with Crippen molar-refractivity contribution in [2.75, 3.05) is 5.32 Å². The predicted molar refractivity (Wildman–Crippen MR) is 70.7 cm³/mol. The van der Waals surface area contributed by atoms with Gasteiger partial charge in [-0.25, -0.2) is 0 Å². The van der Waals surface area contributed by atoms with Crippen LogP contribution in [-0.4, -0.2) is 16.8 Å². The summed E-state index contributed by atoms with van der Waals surface area (Å²) >= 11 is 0. The predicted octanol–water partition coefficient (Wildman–Crippen LogP) is 1.89. The molecule has 100 valence electrons. The van der Waals surface area contributed by atoms with E-state index in [1.165, 1.54) is 0 Å². The minimum atomic E-state index is -1.68. The molecule has 1 heterocycles. The molecule has 2 atom stereocenters. The van der Waals surface area contributed by atoms with Crippen LogP contribution >= 0.6 is 0 Å². The largest absolute Gasteiger partial charge is 0.375 e. The summed E-state index contributed by atoms with van der Waals surface area (Å²) in [6, 6.07) is 5.47. The third-order valence-electron chi connectivity index (χ3n) is 4.24. The van der Waals surface area contributed by atoms with Gasteiger partial charge in [-0.15, -0.1) is 0 Å². The Hall–Kier alpha value is -1.68. The Labute approximate surface area is 111 Å². The summed E-state index contributed by atoms with van der Waals surface area (Å²) in [7, 11) is 0. The van der Waals surface area contributed by atoms with Crippen LogP contribution in [0.5, 0.6) is 0 Å². The van der Waals surface area contributed by atoms with Crippen LogP contribution in [-0.2, 0) is 15.2 Å². The lowest BCUT2D eigenvalue weighted by atomic mass is 9.73. The number of carbonyl (C=O) groups excluding carboxylic acids is 2. The molecule has 4 nitrogen and oxygen atoms in total. The molecule has 0 bridgehead atoms. The van der Waals surface area contributed by atoms with Gasteiger partial charge in [-0.05, 0) is 25.8 Å². The molecule has 0 aromatic heterocycles. The van der Waals surface area contributed by atoms with Crippen molar-refractivity contribution in [2.24, 2.45) is 5.92 Å². The zero-order chi connectivity index (χ0) is 13.6. The average molecular weight is 259 g/mol. The minimum Gasteiger partial charge on any atom is -0.375 e. The van der Waals surface area contributed by atoms with Crippen molar-refractivity contribution in [3.63, 3.8) is 0 Å². The van der Waals surface area contributed by atoms with E-state index in [9.17, 15) is 14.7 Å². The van der Waals surface area contributed by atoms with Gasteiger partial charge in [0.2, 0.25) is 0 Å². The summed E-state index contributed by atoms with van der Waals surface area (Å²) < 4.78 is 0. The van der Waals surface area contributed by atoms with Crippen LogP contribution < -0.4 is 5.32 Å². The fourth-order valence-electron chi connectivity index (χ4n) is 3.19. The Morgan fingerprint density at radius 2 is 2.11 bits per heavy atom. The molecule has 2 aliphatic rings. The molecule has 2 unspecified atom stereocenters. The molecule has 1 saturated carbocycles. The van der Waals surface area contributed by atoms with Crippen molar-refractivity contribution in [3.05, 3.63) is 29.3 Å². The summed E-state index contributed by atoms with van der Waals surface area (Å²) in [4.78, 5) is 24.3. The molecule has 0 spiro atoms. The van der Waals surface area contributed by atoms with E-state index >= 15 is 0 Å². The fraction of sp³-hybridized carbons (Fsp3) is 0.467. The smallest absolute Gasteiger partial charge is 0.261 e. The van der Waals surface area contributed by atoms with Crippen LogP contribution in [0, 0.1) is 12.8 Å². The Kier molecular flexibility index (Phi) is 2.71. The molecule has 4 heteroatoms. The molecule has 1 fully saturated rings. The lowest BCUT2D eigenvalue weighted by molar-refractivity contribution is -0.150. The van der Waals surface area contributed by atoms with Crippen molar-refractivity contribution >= 4 is 17.4 Å². The van der Waals surface area contributed by atoms with Gasteiger partial charge in [0.25, 0.3) is 5.91 Å². The van der Waals surface area contributed by atoms with Gasteiger partial charge < -0.3 is 10.4 Å². The first-order valence-corrected chi connectivity index (χ1v) is 6.71. The Balaban J connectivity index is 2.10. The van der Waals surface area contributed by atoms with Gasteiger partial charge in [0.1, 0.15) is 5.78 Å². The van der Waals surface area contributed by atoms with E-state index in [1.54, 1.807) is 12.1 Å². The maximum absolute atomic E-state index is 12.2. The summed E-state index contributed by atoms with van der Waals surface area (Å²) in [6.07, 6.45) is 2.78. The molecule has 1 aromatic rings. The summed E-state index contributed by atoms with van der Waals surface area (Å²) in [5, 5.41) is 13.6. The quantitative estimate of drug-likeness (QED) is 0.809. The second-order valence-electron chi connectivity index (χ2n) is 5.53. The van der Waals surface area contributed by atoms with E-state index in [4.69, 9.17) is 0 Å². The van der Waals surface area contributed by atoms with E-state index < -0.39 is 17.4 Å². The number of anilines is 1. The number of ketones is 1. The van der Waals surface area contributed by atoms with Crippen molar-refractivity contribution in [1.29, 1.82) is 0 Å². The highest BCUT2D eigenvalue weighted by Crippen LogP contribution is 2.45. The number of carbonyl (C=O) groups is 2. The number of nitrogens with one attached hydrogen (secondary N) is 1. The SMILES string of the molecule is Cc1ccc2c(c1)C(O)(C1CCCCC1=O)C(=O)N2. The van der Waals surface area contributed by atoms with E-state index in [2.05, 4.69) is 5.32 Å². The monoisotopic (exact) mass is 259 g/mol.